The van der Waals surface area contributed by atoms with Crippen LogP contribution in [0.4, 0.5) is 0 Å². The molecule has 0 saturated carbocycles. The Hall–Kier alpha value is -1.01. The number of fused-ring (bicyclic) bond motifs is 1. The van der Waals surface area contributed by atoms with Crippen molar-refractivity contribution < 1.29 is 8.42 Å². The summed E-state index contributed by atoms with van der Waals surface area (Å²) in [6, 6.07) is 0.278. The standard InChI is InChI=1S/C13H21N3O2S/c1-9(19(3,17)18)13-15-8-10-11(14-2)6-4-5-7-12(10)16-13/h8-9,11,14H,4-7H2,1-3H3. The Morgan fingerprint density at radius 2 is 2.16 bits per heavy atom. The first-order valence-electron chi connectivity index (χ1n) is 6.65. The fourth-order valence-electron chi connectivity index (χ4n) is 2.42. The Morgan fingerprint density at radius 1 is 1.42 bits per heavy atom. The summed E-state index contributed by atoms with van der Waals surface area (Å²) in [7, 11) is -1.21. The maximum atomic E-state index is 11.6. The Kier molecular flexibility index (Phi) is 4.20. The van der Waals surface area contributed by atoms with Gasteiger partial charge in [0.05, 0.1) is 0 Å². The van der Waals surface area contributed by atoms with Gasteiger partial charge in [0, 0.05) is 29.8 Å². The number of sulfone groups is 1. The van der Waals surface area contributed by atoms with Crippen molar-refractivity contribution in [3.63, 3.8) is 0 Å². The minimum atomic E-state index is -3.15. The molecule has 5 nitrogen and oxygen atoms in total. The number of nitrogens with zero attached hydrogens (tertiary/aromatic N) is 2. The molecular formula is C13H21N3O2S. The lowest BCUT2D eigenvalue weighted by Gasteiger charge is -2.17. The normalized spacial score (nSPS) is 21.5. The Bertz CT molecular complexity index is 557. The minimum Gasteiger partial charge on any atom is -0.313 e. The summed E-state index contributed by atoms with van der Waals surface area (Å²) in [6.45, 7) is 1.64. The van der Waals surface area contributed by atoms with Crippen LogP contribution < -0.4 is 5.32 Å². The van der Waals surface area contributed by atoms with E-state index >= 15 is 0 Å². The molecule has 0 aromatic carbocycles. The van der Waals surface area contributed by atoms with E-state index in [1.807, 2.05) is 7.05 Å². The van der Waals surface area contributed by atoms with Crippen molar-refractivity contribution in [1.29, 1.82) is 0 Å². The molecule has 0 bridgehead atoms. The van der Waals surface area contributed by atoms with Gasteiger partial charge in [-0.25, -0.2) is 18.4 Å². The van der Waals surface area contributed by atoms with Crippen molar-refractivity contribution in [2.45, 2.75) is 43.9 Å². The van der Waals surface area contributed by atoms with Gasteiger partial charge in [0.2, 0.25) is 0 Å². The highest BCUT2D eigenvalue weighted by Gasteiger charge is 2.24. The lowest BCUT2D eigenvalue weighted by atomic mass is 10.1. The monoisotopic (exact) mass is 283 g/mol. The third-order valence-corrected chi connectivity index (χ3v) is 5.30. The molecule has 1 aromatic heterocycles. The highest BCUT2D eigenvalue weighted by molar-refractivity contribution is 7.90. The SMILES string of the molecule is CNC1CCCCc2nc(C(C)S(C)(=O)=O)ncc21. The zero-order valence-corrected chi connectivity index (χ0v) is 12.5. The van der Waals surface area contributed by atoms with Crippen molar-refractivity contribution in [1.82, 2.24) is 15.3 Å². The van der Waals surface area contributed by atoms with Crippen molar-refractivity contribution in [2.75, 3.05) is 13.3 Å². The van der Waals surface area contributed by atoms with Gasteiger partial charge in [-0.15, -0.1) is 0 Å². The van der Waals surface area contributed by atoms with Crippen molar-refractivity contribution in [2.24, 2.45) is 0 Å². The molecule has 1 aromatic rings. The molecule has 2 unspecified atom stereocenters. The first-order valence-corrected chi connectivity index (χ1v) is 8.60. The molecule has 2 rings (SSSR count). The number of aromatic nitrogens is 2. The smallest absolute Gasteiger partial charge is 0.157 e. The molecule has 0 fully saturated rings. The number of aryl methyl sites for hydroxylation is 1. The van der Waals surface area contributed by atoms with Gasteiger partial charge in [-0.3, -0.25) is 0 Å². The maximum absolute atomic E-state index is 11.6. The first-order chi connectivity index (χ1) is 8.93. The topological polar surface area (TPSA) is 72.0 Å². The van der Waals surface area contributed by atoms with Crippen LogP contribution in [0.2, 0.25) is 0 Å². The average Bonchev–Trinajstić information content (AvgIpc) is 2.57. The summed E-state index contributed by atoms with van der Waals surface area (Å²) in [6.07, 6.45) is 7.25. The van der Waals surface area contributed by atoms with Crippen LogP contribution in [-0.4, -0.2) is 31.7 Å². The van der Waals surface area contributed by atoms with E-state index in [2.05, 4.69) is 15.3 Å². The van der Waals surface area contributed by atoms with Gasteiger partial charge >= 0.3 is 0 Å². The zero-order chi connectivity index (χ0) is 14.0. The Balaban J connectivity index is 2.40. The number of nitrogens with one attached hydrogen (secondary N) is 1. The Morgan fingerprint density at radius 3 is 2.79 bits per heavy atom. The molecule has 0 aliphatic heterocycles. The summed E-state index contributed by atoms with van der Waals surface area (Å²) in [5, 5.41) is 2.64. The molecule has 6 heteroatoms. The molecule has 0 amide bonds. The van der Waals surface area contributed by atoms with E-state index in [1.54, 1.807) is 13.1 Å². The number of rotatable bonds is 3. The van der Waals surface area contributed by atoms with Crippen molar-refractivity contribution in [3.05, 3.63) is 23.3 Å². The first kappa shape index (κ1) is 14.4. The molecule has 1 heterocycles. The van der Waals surface area contributed by atoms with Gasteiger partial charge in [-0.2, -0.15) is 0 Å². The van der Waals surface area contributed by atoms with Gasteiger partial charge in [0.15, 0.2) is 9.84 Å². The summed E-state index contributed by atoms with van der Waals surface area (Å²) < 4.78 is 23.2. The van der Waals surface area contributed by atoms with E-state index in [-0.39, 0.29) is 6.04 Å². The van der Waals surface area contributed by atoms with E-state index in [0.29, 0.717) is 5.82 Å². The van der Waals surface area contributed by atoms with E-state index in [9.17, 15) is 8.42 Å². The van der Waals surface area contributed by atoms with Gasteiger partial charge < -0.3 is 5.32 Å². The van der Waals surface area contributed by atoms with Gasteiger partial charge in [0.25, 0.3) is 0 Å². The molecule has 1 N–H and O–H groups in total. The minimum absolute atomic E-state index is 0.278. The van der Waals surface area contributed by atoms with E-state index in [4.69, 9.17) is 0 Å². The predicted molar refractivity (Wildman–Crippen MR) is 74.6 cm³/mol. The van der Waals surface area contributed by atoms with Crippen LogP contribution >= 0.6 is 0 Å². The lowest BCUT2D eigenvalue weighted by Crippen LogP contribution is -2.19. The maximum Gasteiger partial charge on any atom is 0.157 e. The summed E-state index contributed by atoms with van der Waals surface area (Å²) in [5.74, 6) is 0.415. The molecule has 19 heavy (non-hydrogen) atoms. The third kappa shape index (κ3) is 3.12. The van der Waals surface area contributed by atoms with Gasteiger partial charge in [-0.1, -0.05) is 6.42 Å². The van der Waals surface area contributed by atoms with Crippen LogP contribution in [0.25, 0.3) is 0 Å². The molecule has 106 valence electrons. The molecule has 1 aliphatic rings. The fourth-order valence-corrected chi connectivity index (χ4v) is 2.91. The summed E-state index contributed by atoms with van der Waals surface area (Å²) in [5.41, 5.74) is 2.11. The van der Waals surface area contributed by atoms with Crippen LogP contribution in [0, 0.1) is 0 Å². The van der Waals surface area contributed by atoms with Crippen molar-refractivity contribution >= 4 is 9.84 Å². The van der Waals surface area contributed by atoms with E-state index in [1.165, 1.54) is 6.26 Å². The molecule has 1 aliphatic carbocycles. The van der Waals surface area contributed by atoms with Crippen molar-refractivity contribution in [3.8, 4) is 0 Å². The second-order valence-corrected chi connectivity index (χ2v) is 7.56. The predicted octanol–water partition coefficient (Wildman–Crippen LogP) is 1.57. The van der Waals surface area contributed by atoms with Crippen LogP contribution in [0.1, 0.15) is 54.6 Å². The summed E-state index contributed by atoms with van der Waals surface area (Å²) >= 11 is 0. The molecule has 2 atom stereocenters. The molecule has 0 saturated heterocycles. The van der Waals surface area contributed by atoms with Crippen LogP contribution in [-0.2, 0) is 16.3 Å². The largest absolute Gasteiger partial charge is 0.313 e. The van der Waals surface area contributed by atoms with Crippen LogP contribution in [0.3, 0.4) is 0 Å². The molecule has 0 spiro atoms. The Labute approximate surface area is 114 Å². The van der Waals surface area contributed by atoms with Gasteiger partial charge in [-0.05, 0) is 33.2 Å². The summed E-state index contributed by atoms with van der Waals surface area (Å²) in [4.78, 5) is 8.78. The highest BCUT2D eigenvalue weighted by atomic mass is 32.2. The van der Waals surface area contributed by atoms with Gasteiger partial charge in [0.1, 0.15) is 11.1 Å². The fraction of sp³-hybridized carbons (Fsp3) is 0.692. The second-order valence-electron chi connectivity index (χ2n) is 5.19. The van der Waals surface area contributed by atoms with E-state index in [0.717, 1.165) is 36.9 Å². The number of hydrogen-bond acceptors (Lipinski definition) is 5. The zero-order valence-electron chi connectivity index (χ0n) is 11.7. The highest BCUT2D eigenvalue weighted by Crippen LogP contribution is 2.28. The third-order valence-electron chi connectivity index (χ3n) is 3.80. The van der Waals surface area contributed by atoms with Crippen LogP contribution in [0.15, 0.2) is 6.20 Å². The number of hydrogen-bond donors (Lipinski definition) is 1. The average molecular weight is 283 g/mol. The lowest BCUT2D eigenvalue weighted by molar-refractivity contribution is 0.531. The quantitative estimate of drug-likeness (QED) is 0.853. The molecule has 0 radical (unpaired) electrons. The second kappa shape index (κ2) is 5.54. The van der Waals surface area contributed by atoms with E-state index < -0.39 is 15.1 Å². The van der Waals surface area contributed by atoms with Crippen LogP contribution in [0.5, 0.6) is 0 Å². The molecular weight excluding hydrogens is 262 g/mol.